The molecular weight excluding hydrogens is 726 g/mol. The van der Waals surface area contributed by atoms with Crippen LogP contribution in [0.2, 0.25) is 25.1 Å². The van der Waals surface area contributed by atoms with E-state index < -0.39 is 9.85 Å². The van der Waals surface area contributed by atoms with E-state index >= 15 is 0 Å². The highest BCUT2D eigenvalue weighted by atomic mass is 35.5. The molecule has 0 aliphatic heterocycles. The molecule has 6 aromatic rings. The van der Waals surface area contributed by atoms with E-state index in [4.69, 9.17) is 70.2 Å². The van der Waals surface area contributed by atoms with Crippen molar-refractivity contribution in [2.45, 2.75) is 23.9 Å². The van der Waals surface area contributed by atoms with Gasteiger partial charge >= 0.3 is 0 Å². The third kappa shape index (κ3) is 8.88. The van der Waals surface area contributed by atoms with Gasteiger partial charge in [0.05, 0.1) is 61.9 Å². The number of rotatable bonds is 4. The number of nitrogens with zero attached hydrogens (tertiary/aromatic N) is 3. The average molecular weight is 745 g/mol. The molecule has 0 aliphatic rings. The molecule has 0 amide bonds. The molecule has 0 aliphatic carbocycles. The molecule has 0 saturated carbocycles. The van der Waals surface area contributed by atoms with Crippen molar-refractivity contribution in [3.05, 3.63) is 122 Å². The van der Waals surface area contributed by atoms with Crippen molar-refractivity contribution in [1.29, 1.82) is 0 Å². The van der Waals surface area contributed by atoms with Gasteiger partial charge < -0.3 is 15.0 Å². The number of halogens is 5. The lowest BCUT2D eigenvalue weighted by Crippen LogP contribution is -1.89. The summed E-state index contributed by atoms with van der Waals surface area (Å²) < 4.78 is 0.686. The van der Waals surface area contributed by atoms with Crippen molar-refractivity contribution in [1.82, 2.24) is 19.9 Å². The number of H-pyrrole nitrogens is 3. The summed E-state index contributed by atoms with van der Waals surface area (Å²) in [7, 11) is 0. The van der Waals surface area contributed by atoms with Gasteiger partial charge in [0.25, 0.3) is 11.4 Å². The lowest BCUT2D eigenvalue weighted by Gasteiger charge is -2.04. The van der Waals surface area contributed by atoms with Crippen LogP contribution in [0.1, 0.15) is 11.1 Å². The fourth-order valence-electron chi connectivity index (χ4n) is 3.79. The monoisotopic (exact) mass is 742 g/mol. The van der Waals surface area contributed by atoms with Crippen molar-refractivity contribution < 1.29 is 9.85 Å². The molecule has 0 spiro atoms. The molecule has 0 radical (unpaired) electrons. The standard InChI is InChI=1S/C14H9Cl2N3O2S.C8H8N2S.C6H2Cl3NO2/c1-7-2-3-11-12(4-7)18-14(17-11)22-13-9(15)5-8(19(20)21)6-10(13)16;1-5-2-3-6-7(4-5)10-8(11)9-6;7-4-1-3(10(11)12)2-5(8)6(4)9/h2-6H,1H3,(H,17,18);2-4H,1H3,(H2,9,10,11);1-2H. The lowest BCUT2D eigenvalue weighted by atomic mass is 10.2. The Labute approximate surface area is 289 Å². The van der Waals surface area contributed by atoms with Crippen LogP contribution in [0.5, 0.6) is 0 Å². The summed E-state index contributed by atoms with van der Waals surface area (Å²) in [4.78, 5) is 34.2. The fourth-order valence-corrected chi connectivity index (χ4v) is 6.11. The highest BCUT2D eigenvalue weighted by molar-refractivity contribution is 7.99. The summed E-state index contributed by atoms with van der Waals surface area (Å²) in [5, 5.41) is 22.4. The highest BCUT2D eigenvalue weighted by Gasteiger charge is 2.17. The van der Waals surface area contributed by atoms with Crippen LogP contribution in [0, 0.1) is 38.8 Å². The topological polar surface area (TPSA) is 147 Å². The van der Waals surface area contributed by atoms with Crippen LogP contribution < -0.4 is 0 Å². The fraction of sp³-hybridized carbons (Fsp3) is 0.0714. The third-order valence-electron chi connectivity index (χ3n) is 5.86. The molecule has 0 fully saturated rings. The molecule has 2 heterocycles. The van der Waals surface area contributed by atoms with Gasteiger partial charge in [0.1, 0.15) is 0 Å². The average Bonchev–Trinajstić information content (AvgIpc) is 3.54. The predicted octanol–water partition coefficient (Wildman–Crippen LogP) is 11.3. The number of aryl methyl sites for hydroxylation is 2. The molecule has 45 heavy (non-hydrogen) atoms. The van der Waals surface area contributed by atoms with Crippen LogP contribution >= 0.6 is 82.0 Å². The second-order valence-corrected chi connectivity index (χ2v) is 12.7. The van der Waals surface area contributed by atoms with E-state index in [9.17, 15) is 20.2 Å². The van der Waals surface area contributed by atoms with Crippen LogP contribution in [0.4, 0.5) is 11.4 Å². The number of fused-ring (bicyclic) bond motifs is 2. The molecule has 0 bridgehead atoms. The zero-order chi connectivity index (χ0) is 33.0. The number of hydrogen-bond acceptors (Lipinski definition) is 7. The molecule has 0 unspecified atom stereocenters. The number of nitrogens with one attached hydrogen (secondary N) is 3. The van der Waals surface area contributed by atoms with Gasteiger partial charge in [-0.15, -0.1) is 0 Å². The molecule has 232 valence electrons. The Kier molecular flexibility index (Phi) is 11.4. The maximum Gasteiger partial charge on any atom is 0.272 e. The zero-order valence-electron chi connectivity index (χ0n) is 23.0. The van der Waals surface area contributed by atoms with E-state index in [0.29, 0.717) is 14.8 Å². The Morgan fingerprint density at radius 1 is 0.689 bits per heavy atom. The summed E-state index contributed by atoms with van der Waals surface area (Å²) in [5.74, 6) is 0. The number of aromatic nitrogens is 4. The molecule has 3 N–H and O–H groups in total. The van der Waals surface area contributed by atoms with Gasteiger partial charge in [0, 0.05) is 24.3 Å². The Balaban J connectivity index is 0.000000169. The number of benzene rings is 4. The summed E-state index contributed by atoms with van der Waals surface area (Å²) >= 11 is 35.0. The van der Waals surface area contributed by atoms with Gasteiger partial charge in [-0.2, -0.15) is 0 Å². The maximum atomic E-state index is 10.8. The number of aromatic amines is 3. The first kappa shape index (κ1) is 34.5. The van der Waals surface area contributed by atoms with Crippen LogP contribution in [-0.4, -0.2) is 29.8 Å². The molecular formula is C28H19Cl5N6O4S2. The molecule has 2 aromatic heterocycles. The second-order valence-electron chi connectivity index (χ2n) is 9.27. The number of nitro benzene ring substituents is 2. The minimum Gasteiger partial charge on any atom is -0.333 e. The van der Waals surface area contributed by atoms with Gasteiger partial charge in [0.2, 0.25) is 0 Å². The van der Waals surface area contributed by atoms with Crippen molar-refractivity contribution in [2.24, 2.45) is 0 Å². The lowest BCUT2D eigenvalue weighted by molar-refractivity contribution is -0.385. The molecule has 4 aromatic carbocycles. The zero-order valence-corrected chi connectivity index (χ0v) is 28.4. The highest BCUT2D eigenvalue weighted by Crippen LogP contribution is 2.40. The van der Waals surface area contributed by atoms with E-state index in [1.54, 1.807) is 0 Å². The molecule has 0 saturated heterocycles. The normalized spacial score (nSPS) is 10.6. The SMILES string of the molecule is Cc1ccc2[nH]c(=S)[nH]c2c1.Cc1ccc2nc(Sc3c(Cl)cc([N+](=O)[O-])cc3Cl)[nH]c2c1.O=[N+]([O-])c1cc(Cl)c(Cl)c(Cl)c1. The van der Waals surface area contributed by atoms with Crippen LogP contribution in [0.15, 0.2) is 70.7 Å². The van der Waals surface area contributed by atoms with Crippen molar-refractivity contribution in [3.8, 4) is 0 Å². The van der Waals surface area contributed by atoms with E-state index in [0.717, 1.165) is 39.8 Å². The van der Waals surface area contributed by atoms with E-state index in [1.807, 2.05) is 31.2 Å². The number of non-ortho nitro benzene ring substituents is 2. The van der Waals surface area contributed by atoms with Gasteiger partial charge in [0.15, 0.2) is 9.93 Å². The molecule has 17 heteroatoms. The van der Waals surface area contributed by atoms with Crippen LogP contribution in [-0.2, 0) is 0 Å². The minimum absolute atomic E-state index is 0.0795. The van der Waals surface area contributed by atoms with E-state index in [-0.39, 0.29) is 36.5 Å². The van der Waals surface area contributed by atoms with Gasteiger partial charge in [-0.05, 0) is 73.2 Å². The number of hydrogen-bond donors (Lipinski definition) is 3. The molecule has 0 atom stereocenters. The van der Waals surface area contributed by atoms with Crippen LogP contribution in [0.3, 0.4) is 0 Å². The largest absolute Gasteiger partial charge is 0.333 e. The van der Waals surface area contributed by atoms with Crippen molar-refractivity contribution in [2.75, 3.05) is 0 Å². The first-order valence-corrected chi connectivity index (χ1v) is 15.6. The first-order valence-electron chi connectivity index (χ1n) is 12.5. The summed E-state index contributed by atoms with van der Waals surface area (Å²) in [6.45, 7) is 4.06. The second kappa shape index (κ2) is 14.8. The van der Waals surface area contributed by atoms with E-state index in [2.05, 4.69) is 39.0 Å². The first-order chi connectivity index (χ1) is 21.2. The van der Waals surface area contributed by atoms with Gasteiger partial charge in [-0.1, -0.05) is 70.1 Å². The summed E-state index contributed by atoms with van der Waals surface area (Å²) in [6.07, 6.45) is 0. The van der Waals surface area contributed by atoms with Crippen molar-refractivity contribution >= 4 is 115 Å². The maximum absolute atomic E-state index is 10.8. The summed E-state index contributed by atoms with van der Waals surface area (Å²) in [5.41, 5.74) is 5.95. The minimum atomic E-state index is -0.589. The molecule has 10 nitrogen and oxygen atoms in total. The van der Waals surface area contributed by atoms with Crippen LogP contribution in [0.25, 0.3) is 22.1 Å². The number of nitro groups is 2. The smallest absolute Gasteiger partial charge is 0.272 e. The third-order valence-corrected chi connectivity index (χ3v) is 9.11. The Hall–Kier alpha value is -3.36. The van der Waals surface area contributed by atoms with Gasteiger partial charge in [-0.3, -0.25) is 20.2 Å². The Bertz CT molecular complexity index is 2090. The van der Waals surface area contributed by atoms with E-state index in [1.165, 1.54) is 29.5 Å². The number of imidazole rings is 2. The Morgan fingerprint density at radius 2 is 1.18 bits per heavy atom. The van der Waals surface area contributed by atoms with Gasteiger partial charge in [-0.25, -0.2) is 4.98 Å². The van der Waals surface area contributed by atoms with Crippen molar-refractivity contribution in [3.63, 3.8) is 0 Å². The summed E-state index contributed by atoms with van der Waals surface area (Å²) in [6, 6.07) is 16.9. The Morgan fingerprint density at radius 3 is 1.73 bits per heavy atom. The quantitative estimate of drug-likeness (QED) is 0.0704. The molecule has 6 rings (SSSR count). The predicted molar refractivity (Wildman–Crippen MR) is 184 cm³/mol.